The average Bonchev–Trinajstić information content (AvgIpc) is 2.47. The molecule has 0 bridgehead atoms. The summed E-state index contributed by atoms with van der Waals surface area (Å²) in [5, 5.41) is 3.51. The molecule has 0 radical (unpaired) electrons. The van der Waals surface area contributed by atoms with Crippen LogP contribution in [0.1, 0.15) is 31.9 Å². The Labute approximate surface area is 115 Å². The maximum Gasteiger partial charge on any atom is 0.166 e. The first-order valence-corrected chi connectivity index (χ1v) is 7.06. The predicted octanol–water partition coefficient (Wildman–Crippen LogP) is 2.54. The molecular formula is C15H23NO3. The normalized spacial score (nSPS) is 15.3. The monoisotopic (exact) mass is 265 g/mol. The number of para-hydroxylation sites is 1. The molecule has 0 aromatic heterocycles. The van der Waals surface area contributed by atoms with Gasteiger partial charge in [-0.3, -0.25) is 0 Å². The van der Waals surface area contributed by atoms with Gasteiger partial charge >= 0.3 is 0 Å². The molecule has 0 amide bonds. The van der Waals surface area contributed by atoms with Gasteiger partial charge in [0.25, 0.3) is 0 Å². The number of hydrogen-bond acceptors (Lipinski definition) is 4. The highest BCUT2D eigenvalue weighted by Gasteiger charge is 2.21. The second kappa shape index (κ2) is 7.36. The molecule has 4 heteroatoms. The molecule has 1 unspecified atom stereocenters. The third-order valence-electron chi connectivity index (χ3n) is 3.10. The molecule has 19 heavy (non-hydrogen) atoms. The van der Waals surface area contributed by atoms with E-state index >= 15 is 0 Å². The van der Waals surface area contributed by atoms with E-state index in [1.54, 1.807) is 0 Å². The van der Waals surface area contributed by atoms with E-state index in [0.29, 0.717) is 19.8 Å². The molecule has 0 saturated carbocycles. The zero-order valence-corrected chi connectivity index (χ0v) is 11.8. The van der Waals surface area contributed by atoms with Gasteiger partial charge in [-0.1, -0.05) is 19.1 Å². The topological polar surface area (TPSA) is 39.7 Å². The van der Waals surface area contributed by atoms with Crippen LogP contribution in [0.25, 0.3) is 0 Å². The van der Waals surface area contributed by atoms with Gasteiger partial charge in [0.2, 0.25) is 0 Å². The summed E-state index contributed by atoms with van der Waals surface area (Å²) in [4.78, 5) is 0. The maximum absolute atomic E-state index is 5.77. The zero-order chi connectivity index (χ0) is 13.5. The SMILES string of the molecule is CCCNC(COCC)c1cccc2c1OCCO2. The smallest absolute Gasteiger partial charge is 0.166 e. The van der Waals surface area contributed by atoms with E-state index in [2.05, 4.69) is 18.3 Å². The van der Waals surface area contributed by atoms with E-state index in [0.717, 1.165) is 36.6 Å². The number of nitrogens with one attached hydrogen (secondary N) is 1. The van der Waals surface area contributed by atoms with Gasteiger partial charge < -0.3 is 19.5 Å². The van der Waals surface area contributed by atoms with Gasteiger partial charge in [-0.05, 0) is 26.0 Å². The maximum atomic E-state index is 5.77. The van der Waals surface area contributed by atoms with E-state index in [-0.39, 0.29) is 6.04 Å². The Morgan fingerprint density at radius 2 is 2.11 bits per heavy atom. The van der Waals surface area contributed by atoms with Crippen LogP contribution < -0.4 is 14.8 Å². The van der Waals surface area contributed by atoms with Crippen molar-refractivity contribution in [2.75, 3.05) is 33.0 Å². The van der Waals surface area contributed by atoms with Crippen LogP contribution in [-0.4, -0.2) is 33.0 Å². The molecule has 1 aliphatic rings. The fourth-order valence-corrected chi connectivity index (χ4v) is 2.18. The van der Waals surface area contributed by atoms with Crippen LogP contribution >= 0.6 is 0 Å². The summed E-state index contributed by atoms with van der Waals surface area (Å²) in [5.41, 5.74) is 1.12. The Kier molecular flexibility index (Phi) is 5.48. The molecular weight excluding hydrogens is 242 g/mol. The lowest BCUT2D eigenvalue weighted by atomic mass is 10.0. The Balaban J connectivity index is 2.19. The predicted molar refractivity (Wildman–Crippen MR) is 75.0 cm³/mol. The van der Waals surface area contributed by atoms with E-state index < -0.39 is 0 Å². The van der Waals surface area contributed by atoms with Gasteiger partial charge in [0.05, 0.1) is 12.6 Å². The number of benzene rings is 1. The highest BCUT2D eigenvalue weighted by atomic mass is 16.6. The van der Waals surface area contributed by atoms with Crippen LogP contribution in [0.3, 0.4) is 0 Å². The van der Waals surface area contributed by atoms with Gasteiger partial charge in [-0.15, -0.1) is 0 Å². The number of rotatable bonds is 7. The molecule has 1 aromatic carbocycles. The summed E-state index contributed by atoms with van der Waals surface area (Å²) in [6.45, 7) is 7.73. The summed E-state index contributed by atoms with van der Waals surface area (Å²) in [7, 11) is 0. The minimum Gasteiger partial charge on any atom is -0.486 e. The molecule has 2 rings (SSSR count). The molecule has 0 spiro atoms. The van der Waals surface area contributed by atoms with Crippen molar-refractivity contribution >= 4 is 0 Å². The molecule has 1 heterocycles. The quantitative estimate of drug-likeness (QED) is 0.822. The minimum atomic E-state index is 0.150. The van der Waals surface area contributed by atoms with E-state index in [1.165, 1.54) is 0 Å². The van der Waals surface area contributed by atoms with Crippen molar-refractivity contribution in [1.29, 1.82) is 0 Å². The van der Waals surface area contributed by atoms with Crippen molar-refractivity contribution in [3.05, 3.63) is 23.8 Å². The van der Waals surface area contributed by atoms with Crippen molar-refractivity contribution in [3.63, 3.8) is 0 Å². The van der Waals surface area contributed by atoms with E-state index in [4.69, 9.17) is 14.2 Å². The van der Waals surface area contributed by atoms with Crippen LogP contribution in [0.15, 0.2) is 18.2 Å². The second-order valence-electron chi connectivity index (χ2n) is 4.54. The van der Waals surface area contributed by atoms with Gasteiger partial charge in [0.15, 0.2) is 11.5 Å². The van der Waals surface area contributed by atoms with Crippen LogP contribution in [0.4, 0.5) is 0 Å². The molecule has 106 valence electrons. The van der Waals surface area contributed by atoms with Crippen LogP contribution in [-0.2, 0) is 4.74 Å². The third-order valence-corrected chi connectivity index (χ3v) is 3.10. The fourth-order valence-electron chi connectivity index (χ4n) is 2.18. The standard InChI is InChI=1S/C15H23NO3/c1-3-8-16-13(11-17-4-2)12-6-5-7-14-15(12)19-10-9-18-14/h5-7,13,16H,3-4,8-11H2,1-2H3. The van der Waals surface area contributed by atoms with Gasteiger partial charge in [0.1, 0.15) is 13.2 Å². The Bertz CT molecular complexity index is 387. The third kappa shape index (κ3) is 3.61. The molecule has 1 aromatic rings. The van der Waals surface area contributed by atoms with Crippen molar-refractivity contribution in [3.8, 4) is 11.5 Å². The lowest BCUT2D eigenvalue weighted by molar-refractivity contribution is 0.119. The first kappa shape index (κ1) is 14.2. The number of hydrogen-bond donors (Lipinski definition) is 1. The molecule has 0 saturated heterocycles. The lowest BCUT2D eigenvalue weighted by Gasteiger charge is -2.25. The zero-order valence-electron chi connectivity index (χ0n) is 11.8. The Morgan fingerprint density at radius 1 is 1.26 bits per heavy atom. The first-order valence-electron chi connectivity index (χ1n) is 7.06. The van der Waals surface area contributed by atoms with Crippen molar-refractivity contribution in [1.82, 2.24) is 5.32 Å². The van der Waals surface area contributed by atoms with Crippen LogP contribution in [0.2, 0.25) is 0 Å². The molecule has 1 N–H and O–H groups in total. The summed E-state index contributed by atoms with van der Waals surface area (Å²) in [6, 6.07) is 6.20. The largest absolute Gasteiger partial charge is 0.486 e. The van der Waals surface area contributed by atoms with E-state index in [9.17, 15) is 0 Å². The van der Waals surface area contributed by atoms with Crippen molar-refractivity contribution in [2.24, 2.45) is 0 Å². The molecule has 4 nitrogen and oxygen atoms in total. The van der Waals surface area contributed by atoms with Gasteiger partial charge in [-0.2, -0.15) is 0 Å². The lowest BCUT2D eigenvalue weighted by Crippen LogP contribution is -2.28. The Hall–Kier alpha value is -1.26. The molecule has 1 atom stereocenters. The summed E-state index contributed by atoms with van der Waals surface area (Å²) in [5.74, 6) is 1.70. The second-order valence-corrected chi connectivity index (χ2v) is 4.54. The van der Waals surface area contributed by atoms with Crippen LogP contribution in [0, 0.1) is 0 Å². The summed E-state index contributed by atoms with van der Waals surface area (Å²) < 4.78 is 17.0. The van der Waals surface area contributed by atoms with Gasteiger partial charge in [-0.25, -0.2) is 0 Å². The molecule has 0 fully saturated rings. The molecule has 0 aliphatic carbocycles. The summed E-state index contributed by atoms with van der Waals surface area (Å²) >= 11 is 0. The van der Waals surface area contributed by atoms with Crippen molar-refractivity contribution in [2.45, 2.75) is 26.3 Å². The highest BCUT2D eigenvalue weighted by Crippen LogP contribution is 2.37. The van der Waals surface area contributed by atoms with Crippen LogP contribution in [0.5, 0.6) is 11.5 Å². The highest BCUT2D eigenvalue weighted by molar-refractivity contribution is 5.49. The summed E-state index contributed by atoms with van der Waals surface area (Å²) in [6.07, 6.45) is 1.09. The Morgan fingerprint density at radius 3 is 2.89 bits per heavy atom. The first-order chi connectivity index (χ1) is 9.36. The fraction of sp³-hybridized carbons (Fsp3) is 0.600. The average molecular weight is 265 g/mol. The molecule has 1 aliphatic heterocycles. The van der Waals surface area contributed by atoms with Crippen molar-refractivity contribution < 1.29 is 14.2 Å². The number of fused-ring (bicyclic) bond motifs is 1. The van der Waals surface area contributed by atoms with E-state index in [1.807, 2.05) is 19.1 Å². The van der Waals surface area contributed by atoms with Gasteiger partial charge in [0, 0.05) is 12.2 Å². The minimum absolute atomic E-state index is 0.150. The number of ether oxygens (including phenoxy) is 3.